The molecule has 5 heteroatoms. The van der Waals surface area contributed by atoms with Crippen LogP contribution in [0, 0.1) is 0 Å². The van der Waals surface area contributed by atoms with Crippen molar-refractivity contribution in [3.63, 3.8) is 0 Å². The van der Waals surface area contributed by atoms with Gasteiger partial charge >= 0.3 is 5.97 Å². The number of furan rings is 1. The summed E-state index contributed by atoms with van der Waals surface area (Å²) in [5, 5.41) is 12.0. The number of aryl methyl sites for hydroxylation is 2. The van der Waals surface area contributed by atoms with Crippen LogP contribution < -0.4 is 5.32 Å². The number of benzene rings is 1. The molecule has 0 bridgehead atoms. The van der Waals surface area contributed by atoms with E-state index in [4.69, 9.17) is 9.52 Å². The van der Waals surface area contributed by atoms with E-state index in [1.54, 1.807) is 6.92 Å². The Bertz CT molecular complexity index is 732. The Hall–Kier alpha value is -2.56. The molecule has 0 saturated carbocycles. The standard InChI is InChI=1S/C17H17NO4/c1-2-14-12(17(20)21)9-15(22-14)16(19)18-13-8-7-10-5-3-4-6-11(10)13/h3-6,9,13H,2,7-8H2,1H3,(H,18,19)(H,20,21). The van der Waals surface area contributed by atoms with Gasteiger partial charge in [-0.3, -0.25) is 4.79 Å². The number of carbonyl (C=O) groups is 2. The Morgan fingerprint density at radius 3 is 2.82 bits per heavy atom. The van der Waals surface area contributed by atoms with Gasteiger partial charge in [0, 0.05) is 12.5 Å². The first-order valence-electron chi connectivity index (χ1n) is 7.34. The van der Waals surface area contributed by atoms with Crippen LogP contribution in [0.3, 0.4) is 0 Å². The Kier molecular flexibility index (Phi) is 3.71. The van der Waals surface area contributed by atoms with Crippen LogP contribution in [0.15, 0.2) is 34.7 Å². The quantitative estimate of drug-likeness (QED) is 0.909. The van der Waals surface area contributed by atoms with Crippen molar-refractivity contribution in [2.24, 2.45) is 0 Å². The number of amides is 1. The third-order valence-electron chi connectivity index (χ3n) is 4.02. The first-order chi connectivity index (χ1) is 10.6. The van der Waals surface area contributed by atoms with Gasteiger partial charge < -0.3 is 14.8 Å². The Morgan fingerprint density at radius 2 is 2.14 bits per heavy atom. The molecule has 1 aromatic heterocycles. The largest absolute Gasteiger partial charge is 0.478 e. The lowest BCUT2D eigenvalue weighted by Gasteiger charge is -2.12. The molecular weight excluding hydrogens is 282 g/mol. The van der Waals surface area contributed by atoms with Gasteiger partial charge in [0.2, 0.25) is 0 Å². The highest BCUT2D eigenvalue weighted by Gasteiger charge is 2.26. The van der Waals surface area contributed by atoms with E-state index in [2.05, 4.69) is 11.4 Å². The van der Waals surface area contributed by atoms with Gasteiger partial charge in [0.05, 0.1) is 6.04 Å². The molecule has 3 rings (SSSR count). The summed E-state index contributed by atoms with van der Waals surface area (Å²) >= 11 is 0. The van der Waals surface area contributed by atoms with Crippen molar-refractivity contribution in [3.05, 3.63) is 58.5 Å². The first kappa shape index (κ1) is 14.4. The summed E-state index contributed by atoms with van der Waals surface area (Å²) in [5.41, 5.74) is 2.42. The zero-order valence-electron chi connectivity index (χ0n) is 12.3. The van der Waals surface area contributed by atoms with E-state index in [1.165, 1.54) is 11.6 Å². The number of nitrogens with one attached hydrogen (secondary N) is 1. The molecule has 2 N–H and O–H groups in total. The highest BCUT2D eigenvalue weighted by molar-refractivity contribution is 5.96. The molecule has 1 aromatic carbocycles. The molecule has 5 nitrogen and oxygen atoms in total. The summed E-state index contributed by atoms with van der Waals surface area (Å²) in [6.07, 6.45) is 2.21. The molecule has 2 aromatic rings. The van der Waals surface area contributed by atoms with E-state index in [-0.39, 0.29) is 23.3 Å². The van der Waals surface area contributed by atoms with Gasteiger partial charge in [-0.2, -0.15) is 0 Å². The van der Waals surface area contributed by atoms with Gasteiger partial charge in [0.15, 0.2) is 5.76 Å². The molecule has 1 unspecified atom stereocenters. The summed E-state index contributed by atoms with van der Waals surface area (Å²) < 4.78 is 5.39. The van der Waals surface area contributed by atoms with E-state index in [0.29, 0.717) is 12.2 Å². The maximum atomic E-state index is 12.3. The molecular formula is C17H17NO4. The lowest BCUT2D eigenvalue weighted by atomic mass is 10.1. The van der Waals surface area contributed by atoms with Crippen molar-refractivity contribution < 1.29 is 19.1 Å². The number of hydrogen-bond acceptors (Lipinski definition) is 3. The Balaban J connectivity index is 1.80. The summed E-state index contributed by atoms with van der Waals surface area (Å²) in [4.78, 5) is 23.4. The van der Waals surface area contributed by atoms with Crippen molar-refractivity contribution in [2.45, 2.75) is 32.2 Å². The predicted octanol–water partition coefficient (Wildman–Crippen LogP) is 2.96. The number of fused-ring (bicyclic) bond motifs is 1. The first-order valence-corrected chi connectivity index (χ1v) is 7.34. The molecule has 1 aliphatic carbocycles. The van der Waals surface area contributed by atoms with E-state index in [0.717, 1.165) is 18.4 Å². The van der Waals surface area contributed by atoms with Crippen LogP contribution >= 0.6 is 0 Å². The van der Waals surface area contributed by atoms with Crippen molar-refractivity contribution in [2.75, 3.05) is 0 Å². The van der Waals surface area contributed by atoms with E-state index < -0.39 is 5.97 Å². The second-order valence-electron chi connectivity index (χ2n) is 5.37. The Morgan fingerprint density at radius 1 is 1.36 bits per heavy atom. The number of aromatic carboxylic acids is 1. The predicted molar refractivity (Wildman–Crippen MR) is 80.0 cm³/mol. The van der Waals surface area contributed by atoms with Crippen molar-refractivity contribution in [1.82, 2.24) is 5.32 Å². The summed E-state index contributed by atoms with van der Waals surface area (Å²) in [6.45, 7) is 1.79. The number of carboxylic acid groups (broad SMARTS) is 1. The maximum absolute atomic E-state index is 12.3. The fourth-order valence-electron chi connectivity index (χ4n) is 2.92. The molecule has 0 fully saturated rings. The minimum absolute atomic E-state index is 0.0489. The van der Waals surface area contributed by atoms with Crippen LogP contribution in [0.4, 0.5) is 0 Å². The van der Waals surface area contributed by atoms with E-state index in [9.17, 15) is 9.59 Å². The van der Waals surface area contributed by atoms with Crippen LogP contribution in [0.5, 0.6) is 0 Å². The van der Waals surface area contributed by atoms with Gasteiger partial charge in [-0.25, -0.2) is 4.79 Å². The van der Waals surface area contributed by atoms with Crippen LogP contribution in [-0.2, 0) is 12.8 Å². The average Bonchev–Trinajstić information content (AvgIpc) is 3.12. The third kappa shape index (κ3) is 2.50. The van der Waals surface area contributed by atoms with Gasteiger partial charge in [-0.05, 0) is 24.0 Å². The normalized spacial score (nSPS) is 16.3. The van der Waals surface area contributed by atoms with Gasteiger partial charge in [0.1, 0.15) is 11.3 Å². The van der Waals surface area contributed by atoms with Crippen molar-refractivity contribution in [1.29, 1.82) is 0 Å². The van der Waals surface area contributed by atoms with E-state index >= 15 is 0 Å². The zero-order chi connectivity index (χ0) is 15.7. The van der Waals surface area contributed by atoms with Crippen LogP contribution in [0.1, 0.15) is 57.2 Å². The molecule has 0 radical (unpaired) electrons. The molecule has 22 heavy (non-hydrogen) atoms. The zero-order valence-corrected chi connectivity index (χ0v) is 12.3. The summed E-state index contributed by atoms with van der Waals surface area (Å²) in [5.74, 6) is -1.07. The van der Waals surface area contributed by atoms with Crippen LogP contribution in [0.2, 0.25) is 0 Å². The number of rotatable bonds is 4. The molecule has 0 spiro atoms. The topological polar surface area (TPSA) is 79.5 Å². The maximum Gasteiger partial charge on any atom is 0.339 e. The fraction of sp³-hybridized carbons (Fsp3) is 0.294. The van der Waals surface area contributed by atoms with Crippen molar-refractivity contribution in [3.8, 4) is 0 Å². The number of carboxylic acids is 1. The molecule has 1 heterocycles. The third-order valence-corrected chi connectivity index (χ3v) is 4.02. The summed E-state index contributed by atoms with van der Waals surface area (Å²) in [7, 11) is 0. The molecule has 1 aliphatic rings. The number of hydrogen-bond donors (Lipinski definition) is 2. The van der Waals surface area contributed by atoms with Gasteiger partial charge in [-0.1, -0.05) is 31.2 Å². The number of carbonyl (C=O) groups excluding carboxylic acids is 1. The average molecular weight is 299 g/mol. The SMILES string of the molecule is CCc1oc(C(=O)NC2CCc3ccccc32)cc1C(=O)O. The molecule has 1 amide bonds. The van der Waals surface area contributed by atoms with E-state index in [1.807, 2.05) is 18.2 Å². The highest BCUT2D eigenvalue weighted by Crippen LogP contribution is 2.31. The second-order valence-corrected chi connectivity index (χ2v) is 5.37. The summed E-state index contributed by atoms with van der Waals surface area (Å²) in [6, 6.07) is 9.27. The van der Waals surface area contributed by atoms with Crippen molar-refractivity contribution >= 4 is 11.9 Å². The van der Waals surface area contributed by atoms with Crippen LogP contribution in [0.25, 0.3) is 0 Å². The monoisotopic (exact) mass is 299 g/mol. The molecule has 1 atom stereocenters. The van der Waals surface area contributed by atoms with Crippen LogP contribution in [-0.4, -0.2) is 17.0 Å². The molecule has 114 valence electrons. The highest BCUT2D eigenvalue weighted by atomic mass is 16.4. The smallest absolute Gasteiger partial charge is 0.339 e. The molecule has 0 saturated heterocycles. The molecule has 0 aliphatic heterocycles. The second kappa shape index (κ2) is 5.67. The van der Waals surface area contributed by atoms with Gasteiger partial charge in [0.25, 0.3) is 5.91 Å². The lowest BCUT2D eigenvalue weighted by Crippen LogP contribution is -2.26. The minimum atomic E-state index is -1.08. The Labute approximate surface area is 127 Å². The minimum Gasteiger partial charge on any atom is -0.478 e. The fourth-order valence-corrected chi connectivity index (χ4v) is 2.92. The van der Waals surface area contributed by atoms with Gasteiger partial charge in [-0.15, -0.1) is 0 Å². The lowest BCUT2D eigenvalue weighted by molar-refractivity contribution is 0.0694.